The van der Waals surface area contributed by atoms with Gasteiger partial charge in [0.2, 0.25) is 0 Å². The summed E-state index contributed by atoms with van der Waals surface area (Å²) in [7, 11) is 0. The van der Waals surface area contributed by atoms with E-state index in [0.717, 1.165) is 12.1 Å². The third kappa shape index (κ3) is 5.70. The Hall–Kier alpha value is -2.15. The molecule has 0 aliphatic carbocycles. The quantitative estimate of drug-likeness (QED) is 0.854. The minimum Gasteiger partial charge on any atom is -0.489 e. The number of hydrogen-bond acceptors (Lipinski definition) is 4. The number of benzene rings is 2. The number of anilines is 1. The molecule has 3 rings (SSSR count). The Morgan fingerprint density at radius 3 is 2.88 bits per heavy atom. The highest BCUT2D eigenvalue weighted by Gasteiger charge is 2.21. The van der Waals surface area contributed by atoms with Crippen molar-refractivity contribution in [2.24, 2.45) is 0 Å². The van der Waals surface area contributed by atoms with Crippen LogP contribution in [0.25, 0.3) is 0 Å². The Balaban J connectivity index is 0.00000225. The molecule has 1 atom stereocenters. The highest BCUT2D eigenvalue weighted by Crippen LogP contribution is 2.19. The van der Waals surface area contributed by atoms with Gasteiger partial charge in [0.1, 0.15) is 24.3 Å². The summed E-state index contributed by atoms with van der Waals surface area (Å²) >= 11 is 0. The van der Waals surface area contributed by atoms with Crippen molar-refractivity contribution >= 4 is 24.0 Å². The van der Waals surface area contributed by atoms with Gasteiger partial charge in [0.15, 0.2) is 0 Å². The van der Waals surface area contributed by atoms with Crippen LogP contribution in [0.2, 0.25) is 0 Å². The highest BCUT2D eigenvalue weighted by molar-refractivity contribution is 5.94. The van der Waals surface area contributed by atoms with Gasteiger partial charge in [-0.15, -0.1) is 12.4 Å². The second-order valence-corrected chi connectivity index (χ2v) is 5.50. The van der Waals surface area contributed by atoms with Crippen molar-refractivity contribution < 1.29 is 18.7 Å². The minimum absolute atomic E-state index is 0. The van der Waals surface area contributed by atoms with Crippen LogP contribution in [0.3, 0.4) is 0 Å². The Kier molecular flexibility index (Phi) is 7.18. The van der Waals surface area contributed by atoms with Crippen LogP contribution in [-0.4, -0.2) is 31.7 Å². The molecule has 1 heterocycles. The van der Waals surface area contributed by atoms with E-state index in [1.54, 1.807) is 36.4 Å². The van der Waals surface area contributed by atoms with Crippen molar-refractivity contribution in [1.82, 2.24) is 5.32 Å². The maximum Gasteiger partial charge on any atom is 0.254 e. The number of ether oxygens (including phenoxy) is 2. The van der Waals surface area contributed by atoms with E-state index in [-0.39, 0.29) is 30.7 Å². The number of nitrogens with one attached hydrogen (secondary N) is 2. The Labute approximate surface area is 151 Å². The van der Waals surface area contributed by atoms with Crippen molar-refractivity contribution in [3.8, 4) is 5.75 Å². The van der Waals surface area contributed by atoms with Crippen LogP contribution in [0.15, 0.2) is 48.5 Å². The van der Waals surface area contributed by atoms with Gasteiger partial charge in [0.25, 0.3) is 5.91 Å². The first-order valence-electron chi connectivity index (χ1n) is 7.81. The van der Waals surface area contributed by atoms with Gasteiger partial charge in [0, 0.05) is 24.8 Å². The summed E-state index contributed by atoms with van der Waals surface area (Å²) in [6.45, 7) is 2.04. The minimum atomic E-state index is -0.490. The first kappa shape index (κ1) is 19.2. The molecule has 1 saturated heterocycles. The number of carbonyl (C=O) groups is 1. The molecule has 0 saturated carbocycles. The van der Waals surface area contributed by atoms with Crippen LogP contribution in [0.5, 0.6) is 5.75 Å². The van der Waals surface area contributed by atoms with Crippen LogP contribution < -0.4 is 15.4 Å². The van der Waals surface area contributed by atoms with Crippen molar-refractivity contribution in [2.45, 2.75) is 12.7 Å². The van der Waals surface area contributed by atoms with Gasteiger partial charge < -0.3 is 20.1 Å². The van der Waals surface area contributed by atoms with Crippen LogP contribution in [-0.2, 0) is 16.1 Å². The van der Waals surface area contributed by atoms with Gasteiger partial charge in [-0.25, -0.2) is 4.39 Å². The van der Waals surface area contributed by atoms with E-state index in [1.165, 1.54) is 12.1 Å². The molecule has 1 aliphatic heterocycles. The molecule has 0 spiro atoms. The second kappa shape index (κ2) is 9.36. The summed E-state index contributed by atoms with van der Waals surface area (Å²) in [5.74, 6) is 0.113. The number of hydrogen-bond donors (Lipinski definition) is 2. The van der Waals surface area contributed by atoms with Crippen molar-refractivity contribution in [2.75, 3.05) is 25.0 Å². The van der Waals surface area contributed by atoms with Crippen molar-refractivity contribution in [1.29, 1.82) is 0 Å². The predicted octanol–water partition coefficient (Wildman–Crippen LogP) is 2.75. The Bertz CT molecular complexity index is 708. The fourth-order valence-electron chi connectivity index (χ4n) is 2.41. The molecular formula is C18H20ClFN2O3. The number of morpholine rings is 1. The summed E-state index contributed by atoms with van der Waals surface area (Å²) in [5, 5.41) is 5.93. The van der Waals surface area contributed by atoms with E-state index in [2.05, 4.69) is 10.6 Å². The van der Waals surface area contributed by atoms with E-state index >= 15 is 0 Å². The molecule has 1 unspecified atom stereocenters. The third-order valence-corrected chi connectivity index (χ3v) is 3.62. The molecule has 2 aromatic rings. The van der Waals surface area contributed by atoms with Crippen LogP contribution >= 0.6 is 12.4 Å². The summed E-state index contributed by atoms with van der Waals surface area (Å²) in [5.41, 5.74) is 1.37. The van der Waals surface area contributed by atoms with Crippen molar-refractivity contribution in [3.63, 3.8) is 0 Å². The molecule has 7 heteroatoms. The fraction of sp³-hybridized carbons (Fsp3) is 0.278. The molecular weight excluding hydrogens is 347 g/mol. The molecule has 134 valence electrons. The van der Waals surface area contributed by atoms with Gasteiger partial charge in [-0.2, -0.15) is 0 Å². The van der Waals surface area contributed by atoms with Gasteiger partial charge in [-0.3, -0.25) is 4.79 Å². The lowest BCUT2D eigenvalue weighted by atomic mass is 10.2. The largest absolute Gasteiger partial charge is 0.489 e. The normalized spacial score (nSPS) is 16.6. The second-order valence-electron chi connectivity index (χ2n) is 5.50. The topological polar surface area (TPSA) is 59.6 Å². The highest BCUT2D eigenvalue weighted by atomic mass is 35.5. The van der Waals surface area contributed by atoms with Gasteiger partial charge in [-0.1, -0.05) is 18.2 Å². The zero-order chi connectivity index (χ0) is 16.8. The maximum absolute atomic E-state index is 13.2. The monoisotopic (exact) mass is 366 g/mol. The van der Waals surface area contributed by atoms with E-state index in [1.807, 2.05) is 0 Å². The lowest BCUT2D eigenvalue weighted by Crippen LogP contribution is -2.45. The predicted molar refractivity (Wildman–Crippen MR) is 95.7 cm³/mol. The van der Waals surface area contributed by atoms with Gasteiger partial charge in [0.05, 0.1) is 6.61 Å². The average molecular weight is 367 g/mol. The van der Waals surface area contributed by atoms with Crippen LogP contribution in [0, 0.1) is 5.82 Å². The molecule has 0 aromatic heterocycles. The number of carbonyl (C=O) groups excluding carboxylic acids is 1. The summed E-state index contributed by atoms with van der Waals surface area (Å²) in [6, 6.07) is 13.3. The average Bonchev–Trinajstić information content (AvgIpc) is 2.61. The standard InChI is InChI=1S/C18H19FN2O3.ClH/c19-14-4-1-3-13(9-14)12-24-16-6-2-5-15(10-16)21-18(22)17-11-20-7-8-23-17;/h1-6,9-10,17,20H,7-8,11-12H2,(H,21,22);1H. The first-order chi connectivity index (χ1) is 11.7. The van der Waals surface area contributed by atoms with Crippen LogP contribution in [0.1, 0.15) is 5.56 Å². The van der Waals surface area contributed by atoms with Crippen LogP contribution in [0.4, 0.5) is 10.1 Å². The van der Waals surface area contributed by atoms with Gasteiger partial charge in [-0.05, 0) is 29.8 Å². The summed E-state index contributed by atoms with van der Waals surface area (Å²) in [4.78, 5) is 12.1. The molecule has 2 N–H and O–H groups in total. The van der Waals surface area contributed by atoms with E-state index in [9.17, 15) is 9.18 Å². The zero-order valence-electron chi connectivity index (χ0n) is 13.5. The van der Waals surface area contributed by atoms with E-state index in [4.69, 9.17) is 9.47 Å². The maximum atomic E-state index is 13.2. The first-order valence-corrected chi connectivity index (χ1v) is 7.81. The SMILES string of the molecule is Cl.O=C(Nc1cccc(OCc2cccc(F)c2)c1)C1CNCCO1. The number of amides is 1. The molecule has 5 nitrogen and oxygen atoms in total. The third-order valence-electron chi connectivity index (χ3n) is 3.62. The molecule has 0 radical (unpaired) electrons. The van der Waals surface area contributed by atoms with E-state index in [0.29, 0.717) is 24.6 Å². The lowest BCUT2D eigenvalue weighted by Gasteiger charge is -2.22. The fourth-order valence-corrected chi connectivity index (χ4v) is 2.41. The number of halogens is 2. The van der Waals surface area contributed by atoms with E-state index < -0.39 is 6.10 Å². The molecule has 2 aromatic carbocycles. The lowest BCUT2D eigenvalue weighted by molar-refractivity contribution is -0.128. The summed E-state index contributed by atoms with van der Waals surface area (Å²) in [6.07, 6.45) is -0.490. The molecule has 25 heavy (non-hydrogen) atoms. The van der Waals surface area contributed by atoms with Gasteiger partial charge >= 0.3 is 0 Å². The molecule has 1 fully saturated rings. The molecule has 1 amide bonds. The zero-order valence-corrected chi connectivity index (χ0v) is 14.4. The Morgan fingerprint density at radius 1 is 1.28 bits per heavy atom. The van der Waals surface area contributed by atoms with Crippen molar-refractivity contribution in [3.05, 3.63) is 59.9 Å². The number of rotatable bonds is 5. The Morgan fingerprint density at radius 2 is 2.12 bits per heavy atom. The smallest absolute Gasteiger partial charge is 0.254 e. The molecule has 0 bridgehead atoms. The summed E-state index contributed by atoms with van der Waals surface area (Å²) < 4.78 is 24.2. The molecule has 1 aliphatic rings.